The van der Waals surface area contributed by atoms with Crippen LogP contribution in [-0.4, -0.2) is 49.1 Å². The molecule has 1 saturated heterocycles. The minimum Gasteiger partial charge on any atom is -0.314 e. The Morgan fingerprint density at radius 2 is 1.92 bits per heavy atom. The first-order valence-electron chi connectivity index (χ1n) is 9.07. The summed E-state index contributed by atoms with van der Waals surface area (Å²) in [5, 5.41) is 3.40. The van der Waals surface area contributed by atoms with E-state index in [0.717, 1.165) is 38.2 Å². The minimum absolute atomic E-state index is 0. The third-order valence-electron chi connectivity index (χ3n) is 5.22. The van der Waals surface area contributed by atoms with Gasteiger partial charge in [-0.2, -0.15) is 0 Å². The summed E-state index contributed by atoms with van der Waals surface area (Å²) in [4.78, 5) is 17.5. The highest BCUT2D eigenvalue weighted by molar-refractivity contribution is 5.95. The van der Waals surface area contributed by atoms with Gasteiger partial charge >= 0.3 is 0 Å². The van der Waals surface area contributed by atoms with E-state index >= 15 is 0 Å². The summed E-state index contributed by atoms with van der Waals surface area (Å²) in [6.07, 6.45) is 6.06. The number of para-hydroxylation sites is 1. The molecule has 4 nitrogen and oxygen atoms in total. The van der Waals surface area contributed by atoms with Crippen LogP contribution in [0.15, 0.2) is 30.3 Å². The second-order valence-electron chi connectivity index (χ2n) is 6.91. The SMILES string of the molecule is C[C@H]1CNCCN1CC(=O)N(c1ccccc1)C1CCCCC1.Cl. The number of nitrogens with one attached hydrogen (secondary N) is 1. The summed E-state index contributed by atoms with van der Waals surface area (Å²) in [5.74, 6) is 0.261. The van der Waals surface area contributed by atoms with Crippen LogP contribution < -0.4 is 10.2 Å². The van der Waals surface area contributed by atoms with Gasteiger partial charge in [-0.3, -0.25) is 9.69 Å². The van der Waals surface area contributed by atoms with E-state index in [1.165, 1.54) is 19.3 Å². The van der Waals surface area contributed by atoms with Crippen LogP contribution >= 0.6 is 12.4 Å². The predicted molar refractivity (Wildman–Crippen MR) is 102 cm³/mol. The zero-order valence-corrected chi connectivity index (χ0v) is 15.4. The van der Waals surface area contributed by atoms with Crippen LogP contribution in [0, 0.1) is 0 Å². The second kappa shape index (κ2) is 9.40. The molecule has 0 spiro atoms. The Bertz CT molecular complexity index is 505. The lowest BCUT2D eigenvalue weighted by atomic mass is 9.93. The summed E-state index contributed by atoms with van der Waals surface area (Å²) in [6.45, 7) is 5.65. The lowest BCUT2D eigenvalue weighted by Gasteiger charge is -2.38. The van der Waals surface area contributed by atoms with Gasteiger partial charge in [0.05, 0.1) is 6.54 Å². The highest BCUT2D eigenvalue weighted by Crippen LogP contribution is 2.27. The van der Waals surface area contributed by atoms with Gasteiger partial charge in [0.1, 0.15) is 0 Å². The van der Waals surface area contributed by atoms with E-state index in [0.29, 0.717) is 18.6 Å². The summed E-state index contributed by atoms with van der Waals surface area (Å²) < 4.78 is 0. The Kier molecular flexibility index (Phi) is 7.53. The normalized spacial score (nSPS) is 22.6. The maximum absolute atomic E-state index is 13.1. The Balaban J connectivity index is 0.00000208. The Labute approximate surface area is 152 Å². The highest BCUT2D eigenvalue weighted by Gasteiger charge is 2.29. The molecule has 1 aliphatic heterocycles. The number of anilines is 1. The maximum Gasteiger partial charge on any atom is 0.241 e. The fraction of sp³-hybridized carbons (Fsp3) is 0.632. The lowest BCUT2D eigenvalue weighted by molar-refractivity contribution is -0.121. The number of piperazine rings is 1. The van der Waals surface area contributed by atoms with Gasteiger partial charge in [0.2, 0.25) is 5.91 Å². The van der Waals surface area contributed by atoms with Crippen LogP contribution in [0.1, 0.15) is 39.0 Å². The average molecular weight is 352 g/mol. The van der Waals surface area contributed by atoms with Crippen molar-refractivity contribution in [2.75, 3.05) is 31.1 Å². The van der Waals surface area contributed by atoms with Crippen molar-refractivity contribution in [3.63, 3.8) is 0 Å². The quantitative estimate of drug-likeness (QED) is 0.905. The van der Waals surface area contributed by atoms with Crippen molar-refractivity contribution < 1.29 is 4.79 Å². The molecule has 134 valence electrons. The van der Waals surface area contributed by atoms with Gasteiger partial charge < -0.3 is 10.2 Å². The first kappa shape index (κ1) is 19.2. The van der Waals surface area contributed by atoms with Crippen LogP contribution in [0.3, 0.4) is 0 Å². The number of halogens is 1. The van der Waals surface area contributed by atoms with Gasteiger partial charge in [-0.1, -0.05) is 37.5 Å². The number of carbonyl (C=O) groups is 1. The molecule has 1 aliphatic carbocycles. The van der Waals surface area contributed by atoms with Crippen molar-refractivity contribution in [3.8, 4) is 0 Å². The van der Waals surface area contributed by atoms with E-state index in [-0.39, 0.29) is 18.3 Å². The molecule has 2 aliphatic rings. The number of carbonyl (C=O) groups excluding carboxylic acids is 1. The topological polar surface area (TPSA) is 35.6 Å². The van der Waals surface area contributed by atoms with Gasteiger partial charge in [0, 0.05) is 37.4 Å². The molecule has 1 atom stereocenters. The lowest BCUT2D eigenvalue weighted by Crippen LogP contribution is -2.54. The molecular formula is C19H30ClN3O. The number of amides is 1. The second-order valence-corrected chi connectivity index (χ2v) is 6.91. The molecule has 0 radical (unpaired) electrons. The van der Waals surface area contributed by atoms with Crippen molar-refractivity contribution >= 4 is 24.0 Å². The molecule has 1 saturated carbocycles. The van der Waals surface area contributed by atoms with E-state index < -0.39 is 0 Å². The van der Waals surface area contributed by atoms with Gasteiger partial charge in [-0.25, -0.2) is 0 Å². The number of benzene rings is 1. The molecule has 5 heteroatoms. The first-order chi connectivity index (χ1) is 11.3. The molecule has 1 amide bonds. The van der Waals surface area contributed by atoms with E-state index in [2.05, 4.69) is 34.2 Å². The highest BCUT2D eigenvalue weighted by atomic mass is 35.5. The van der Waals surface area contributed by atoms with Crippen LogP contribution in [0.2, 0.25) is 0 Å². The Morgan fingerprint density at radius 1 is 1.21 bits per heavy atom. The zero-order chi connectivity index (χ0) is 16.1. The largest absolute Gasteiger partial charge is 0.314 e. The summed E-state index contributed by atoms with van der Waals surface area (Å²) in [6, 6.07) is 11.0. The van der Waals surface area contributed by atoms with Gasteiger partial charge in [0.25, 0.3) is 0 Å². The standard InChI is InChI=1S/C19H29N3O.ClH/c1-16-14-20-12-13-21(16)15-19(23)22(17-8-4-2-5-9-17)18-10-6-3-7-11-18;/h2,4-5,8-9,16,18,20H,3,6-7,10-15H2,1H3;1H/t16-;/m0./s1. The number of rotatable bonds is 4. The van der Waals surface area contributed by atoms with Crippen LogP contribution in [-0.2, 0) is 4.79 Å². The molecule has 0 bridgehead atoms. The fourth-order valence-corrected chi connectivity index (χ4v) is 3.85. The maximum atomic E-state index is 13.1. The van der Waals surface area contributed by atoms with E-state index in [9.17, 15) is 4.79 Å². The van der Waals surface area contributed by atoms with Crippen molar-refractivity contribution in [2.24, 2.45) is 0 Å². The Morgan fingerprint density at radius 3 is 2.58 bits per heavy atom. The number of hydrogen-bond acceptors (Lipinski definition) is 3. The first-order valence-corrected chi connectivity index (χ1v) is 9.07. The molecule has 3 rings (SSSR count). The molecule has 1 aromatic rings. The van der Waals surface area contributed by atoms with Crippen molar-refractivity contribution in [2.45, 2.75) is 51.1 Å². The predicted octanol–water partition coefficient (Wildman–Crippen LogP) is 3.07. The molecule has 1 heterocycles. The van der Waals surface area contributed by atoms with Gasteiger partial charge in [0.15, 0.2) is 0 Å². The monoisotopic (exact) mass is 351 g/mol. The van der Waals surface area contributed by atoms with Crippen LogP contribution in [0.25, 0.3) is 0 Å². The number of nitrogens with zero attached hydrogens (tertiary/aromatic N) is 2. The molecule has 24 heavy (non-hydrogen) atoms. The molecular weight excluding hydrogens is 322 g/mol. The third-order valence-corrected chi connectivity index (χ3v) is 5.22. The van der Waals surface area contributed by atoms with Crippen molar-refractivity contribution in [3.05, 3.63) is 30.3 Å². The van der Waals surface area contributed by atoms with Crippen LogP contribution in [0.5, 0.6) is 0 Å². The van der Waals surface area contributed by atoms with Gasteiger partial charge in [-0.05, 0) is 31.9 Å². The van der Waals surface area contributed by atoms with E-state index in [4.69, 9.17) is 0 Å². The molecule has 1 aromatic carbocycles. The summed E-state index contributed by atoms with van der Waals surface area (Å²) >= 11 is 0. The molecule has 1 N–H and O–H groups in total. The molecule has 0 aromatic heterocycles. The van der Waals surface area contributed by atoms with Crippen LogP contribution in [0.4, 0.5) is 5.69 Å². The van der Waals surface area contributed by atoms with E-state index in [1.807, 2.05) is 18.2 Å². The zero-order valence-electron chi connectivity index (χ0n) is 14.6. The smallest absolute Gasteiger partial charge is 0.241 e. The van der Waals surface area contributed by atoms with Crippen molar-refractivity contribution in [1.29, 1.82) is 0 Å². The van der Waals surface area contributed by atoms with Crippen molar-refractivity contribution in [1.82, 2.24) is 10.2 Å². The average Bonchev–Trinajstić information content (AvgIpc) is 2.59. The van der Waals surface area contributed by atoms with Gasteiger partial charge in [-0.15, -0.1) is 12.4 Å². The molecule has 0 unspecified atom stereocenters. The fourth-order valence-electron chi connectivity index (χ4n) is 3.85. The van der Waals surface area contributed by atoms with E-state index in [1.54, 1.807) is 0 Å². The minimum atomic E-state index is 0. The Hall–Kier alpha value is -1.10. The third kappa shape index (κ3) is 4.71. The molecule has 2 fully saturated rings. The summed E-state index contributed by atoms with van der Waals surface area (Å²) in [7, 11) is 0. The summed E-state index contributed by atoms with van der Waals surface area (Å²) in [5.41, 5.74) is 1.06. The number of hydrogen-bond donors (Lipinski definition) is 1.